The van der Waals surface area contributed by atoms with Gasteiger partial charge in [0.2, 0.25) is 29.7 Å². The second-order valence-electron chi connectivity index (χ2n) is 39.6. The fraction of sp³-hybridized carbons (Fsp3) is 0.371. The van der Waals surface area contributed by atoms with E-state index in [1.54, 1.807) is 31.0 Å². The molecule has 12 heterocycles. The van der Waals surface area contributed by atoms with Gasteiger partial charge in [-0.2, -0.15) is 19.9 Å². The fourth-order valence-corrected chi connectivity index (χ4v) is 19.8. The van der Waals surface area contributed by atoms with Crippen LogP contribution in [0.15, 0.2) is 262 Å². The highest BCUT2D eigenvalue weighted by Crippen LogP contribution is 2.38. The van der Waals surface area contributed by atoms with Crippen LogP contribution in [0.25, 0.3) is 72.9 Å². The molecule has 762 valence electrons. The van der Waals surface area contributed by atoms with Gasteiger partial charge < -0.3 is 88.7 Å². The van der Waals surface area contributed by atoms with Crippen molar-refractivity contribution in [2.75, 3.05) is 122 Å². The lowest BCUT2D eigenvalue weighted by molar-refractivity contribution is -0.132. The number of likely N-dealkylation sites (N-methyl/N-ethyl adjacent to an activating group) is 2. The van der Waals surface area contributed by atoms with E-state index in [2.05, 4.69) is 244 Å². The van der Waals surface area contributed by atoms with Crippen molar-refractivity contribution in [3.63, 3.8) is 0 Å². The van der Waals surface area contributed by atoms with Crippen LogP contribution >= 0.6 is 0 Å². The zero-order valence-corrected chi connectivity index (χ0v) is 84.4. The third kappa shape index (κ3) is 29.2. The van der Waals surface area contributed by atoms with E-state index in [1.165, 1.54) is 44.5 Å². The van der Waals surface area contributed by atoms with Crippen molar-refractivity contribution in [3.8, 4) is 56.2 Å². The summed E-state index contributed by atoms with van der Waals surface area (Å²) in [7, 11) is 4.35. The van der Waals surface area contributed by atoms with E-state index in [-0.39, 0.29) is 54.5 Å². The molecule has 5 aromatic carbocycles. The number of nitrogens with zero attached hydrogens (tertiary/aromatic N) is 16. The van der Waals surface area contributed by atoms with Crippen LogP contribution in [0.1, 0.15) is 158 Å². The molecule has 13 aromatic rings. The van der Waals surface area contributed by atoms with Crippen LogP contribution in [0.5, 0.6) is 0 Å². The van der Waals surface area contributed by atoms with E-state index >= 15 is 0 Å². The lowest BCUT2D eigenvalue weighted by atomic mass is 9.93. The number of hydrogen-bond acceptors (Lipinski definition) is 30. The quantitative estimate of drug-likeness (QED) is 0.0217. The Morgan fingerprint density at radius 2 is 0.680 bits per heavy atom. The maximum Gasteiger partial charge on any atom is 0.239 e. The number of aliphatic hydroxyl groups excluding tert-OH is 4. The second kappa shape index (κ2) is 51.2. The van der Waals surface area contributed by atoms with Gasteiger partial charge in [0.05, 0.1) is 75.5 Å². The number of rotatable bonds is 28. The SMILES string of the molecule is CC[C@H](N)C(=O)N1CC=C(c2ccc(Nc3ncc(-c4ccccn4)c(NC4CCC(O)CC4)n3)cc2)CC1.CN1CC=C(c2ccc(Nc3ncc(-c4ccccn4)c(NC4CCC(O)CC4)n3)cc2)CC1.CN1CCN(Cc2ccc(-c3ccc(Nc4ncc(-c5ccccn5)c(NC5CCC(O)CC5)n4)cc3)cc2)CC1.OC1CCC(Nc2nc(Nc3ccc(C4=CCNCC4)cc3)ncc2-c2ccccn2)CC1. The first-order chi connectivity index (χ1) is 72.0. The lowest BCUT2D eigenvalue weighted by Gasteiger charge is -2.32. The Morgan fingerprint density at radius 1 is 0.361 bits per heavy atom. The Kier molecular flexibility index (Phi) is 35.8. The lowest BCUT2D eigenvalue weighted by Crippen LogP contribution is -2.45. The molecule has 1 saturated heterocycles. The van der Waals surface area contributed by atoms with E-state index in [4.69, 9.17) is 25.7 Å². The summed E-state index contributed by atoms with van der Waals surface area (Å²) < 4.78 is 0. The minimum atomic E-state index is -0.420. The normalized spacial score (nSPS) is 20.5. The minimum Gasteiger partial charge on any atom is -0.393 e. The van der Waals surface area contributed by atoms with Crippen LogP contribution in [0.3, 0.4) is 0 Å². The first-order valence-electron chi connectivity index (χ1n) is 52.4. The zero-order valence-electron chi connectivity index (χ0n) is 84.4. The van der Waals surface area contributed by atoms with Gasteiger partial charge in [0, 0.05) is 162 Å². The molecule has 8 aliphatic rings. The summed E-state index contributed by atoms with van der Waals surface area (Å²) >= 11 is 0. The van der Waals surface area contributed by atoms with E-state index in [0.29, 0.717) is 43.3 Å². The molecule has 4 aliphatic heterocycles. The molecule has 147 heavy (non-hydrogen) atoms. The zero-order chi connectivity index (χ0) is 101. The summed E-state index contributed by atoms with van der Waals surface area (Å²) in [6.45, 7) is 12.8. The number of aromatic nitrogens is 12. The summed E-state index contributed by atoms with van der Waals surface area (Å²) in [5.41, 5.74) is 27.9. The number of hydrogen-bond donors (Lipinski definition) is 14. The number of piperazine rings is 1. The second-order valence-corrected chi connectivity index (χ2v) is 39.6. The predicted octanol–water partition coefficient (Wildman–Crippen LogP) is 18.9. The molecule has 0 spiro atoms. The topological polar surface area (TPSA) is 400 Å². The number of carbonyl (C=O) groups excluding carboxylic acids is 1. The Bertz CT molecular complexity index is 6460. The van der Waals surface area contributed by atoms with Crippen molar-refractivity contribution < 1.29 is 25.2 Å². The largest absolute Gasteiger partial charge is 0.393 e. The standard InChI is InChI=1S/C33H39N7O.C30H37N7O2.C27H32N6O.C26H30N6O/c1-39-18-20-40(21-19-39)23-24-5-7-25(8-6-24)26-9-11-28(12-10-26)37-33-35-22-30(31-4-2-3-17-34-31)32(38-33)36-27-13-15-29(41)16-14-27;1-2-26(31)29(39)37-17-14-21(15-18-37)20-6-8-23(9-7-20)35-30-33-19-25(27-5-3-4-16-32-27)28(36-30)34-22-10-12-24(38)13-11-22;1-33-16-13-20(14-17-33)19-5-7-22(8-6-19)31-27-29-18-24(25-4-2-3-15-28-25)26(32-27)30-21-9-11-23(34)12-10-21;33-22-10-8-20(9-11-22)30-25-23(24-3-1-2-14-28-24)17-29-26(32-25)31-21-6-4-18(5-7-21)19-12-15-27-16-13-19/h2-12,17,22,27,29,41H,13-16,18-21,23H2,1H3,(H2,35,36,37,38);3-9,14,16,19,22,24,26,38H,2,10-13,15,17-18,31H2,1H3,(H2,33,34,35,36);2-8,13,15,18,21,23,34H,9-12,14,16-17H2,1H3,(H2,29,30,31,32);1-7,12,14,17,20,22,27,33H,8-11,13,15-16H2,(H2,29,30,31,32)/t;22?,24?,26-;;/m.0../s1. The Labute approximate surface area is 862 Å². The van der Waals surface area contributed by atoms with Gasteiger partial charge in [0.1, 0.15) is 23.3 Å². The van der Waals surface area contributed by atoms with Crippen LogP contribution in [0, 0.1) is 0 Å². The number of benzene rings is 5. The van der Waals surface area contributed by atoms with Crippen molar-refractivity contribution in [1.29, 1.82) is 0 Å². The number of nitrogens with one attached hydrogen (secondary N) is 9. The molecule has 4 saturated carbocycles. The molecular formula is C116H138N26O5. The third-order valence-electron chi connectivity index (χ3n) is 28.8. The molecule has 0 radical (unpaired) electrons. The molecule has 0 bridgehead atoms. The summed E-state index contributed by atoms with van der Waals surface area (Å²) in [6, 6.07) is 66.4. The summed E-state index contributed by atoms with van der Waals surface area (Å²) in [6.07, 6.45) is 37.6. The van der Waals surface area contributed by atoms with E-state index in [0.717, 1.165) is 278 Å². The molecule has 15 N–H and O–H groups in total. The monoisotopic (exact) mass is 1980 g/mol. The molecule has 4 aliphatic carbocycles. The van der Waals surface area contributed by atoms with Crippen molar-refractivity contribution >= 4 is 92.4 Å². The summed E-state index contributed by atoms with van der Waals surface area (Å²) in [5, 5.41) is 70.7. The Morgan fingerprint density at radius 3 is 0.973 bits per heavy atom. The van der Waals surface area contributed by atoms with Crippen LogP contribution in [0.4, 0.5) is 69.8 Å². The van der Waals surface area contributed by atoms with Gasteiger partial charge >= 0.3 is 0 Å². The van der Waals surface area contributed by atoms with Gasteiger partial charge in [-0.05, 0) is 296 Å². The number of nitrogens with two attached hydrogens (primary N) is 1. The number of amides is 1. The first kappa shape index (κ1) is 103. The predicted molar refractivity (Wildman–Crippen MR) is 589 cm³/mol. The average molecular weight is 1980 g/mol. The van der Waals surface area contributed by atoms with Gasteiger partial charge in [0.25, 0.3) is 0 Å². The maximum atomic E-state index is 12.4. The molecule has 21 rings (SSSR count). The minimum absolute atomic E-state index is 0.0244. The van der Waals surface area contributed by atoms with Gasteiger partial charge in [-0.3, -0.25) is 29.6 Å². The van der Waals surface area contributed by atoms with Crippen molar-refractivity contribution in [2.45, 2.75) is 197 Å². The molecular weight excluding hydrogens is 1840 g/mol. The highest BCUT2D eigenvalue weighted by Gasteiger charge is 2.30. The number of carbonyl (C=O) groups is 1. The average Bonchev–Trinajstić information content (AvgIpc) is 0.815. The maximum absolute atomic E-state index is 12.4. The van der Waals surface area contributed by atoms with E-state index in [1.807, 2.05) is 115 Å². The summed E-state index contributed by atoms with van der Waals surface area (Å²) in [4.78, 5) is 77.1. The highest BCUT2D eigenvalue weighted by atomic mass is 16.3. The Hall–Kier alpha value is -14.3. The smallest absolute Gasteiger partial charge is 0.239 e. The van der Waals surface area contributed by atoms with Crippen molar-refractivity contribution in [2.24, 2.45) is 5.73 Å². The molecule has 31 nitrogen and oxygen atoms in total. The van der Waals surface area contributed by atoms with Gasteiger partial charge in [0.15, 0.2) is 0 Å². The number of anilines is 12. The van der Waals surface area contributed by atoms with E-state index < -0.39 is 6.04 Å². The van der Waals surface area contributed by atoms with Crippen LogP contribution < -0.4 is 53.6 Å². The number of aliphatic hydroxyl groups is 4. The number of pyridine rings is 4. The first-order valence-corrected chi connectivity index (χ1v) is 52.4. The third-order valence-corrected chi connectivity index (χ3v) is 28.8. The molecule has 1 atom stereocenters. The van der Waals surface area contributed by atoms with Gasteiger partial charge in [-0.1, -0.05) is 122 Å². The van der Waals surface area contributed by atoms with Crippen LogP contribution in [-0.2, 0) is 11.3 Å². The molecule has 1 amide bonds. The van der Waals surface area contributed by atoms with E-state index in [9.17, 15) is 25.2 Å². The van der Waals surface area contributed by atoms with Crippen LogP contribution in [-0.4, -0.2) is 240 Å². The van der Waals surface area contributed by atoms with Crippen molar-refractivity contribution in [1.82, 2.24) is 84.7 Å². The summed E-state index contributed by atoms with van der Waals surface area (Å²) in [5.74, 6) is 5.18. The highest BCUT2D eigenvalue weighted by molar-refractivity contribution is 5.84. The molecule has 0 unspecified atom stereocenters. The molecule has 8 aromatic heterocycles. The van der Waals surface area contributed by atoms with Gasteiger partial charge in [-0.15, -0.1) is 0 Å². The van der Waals surface area contributed by atoms with Crippen LogP contribution in [0.2, 0.25) is 0 Å². The molecule has 31 heteroatoms. The fourth-order valence-electron chi connectivity index (χ4n) is 19.8. The Balaban J connectivity index is 0.000000129. The van der Waals surface area contributed by atoms with Gasteiger partial charge in [-0.25, -0.2) is 19.9 Å². The molecule has 5 fully saturated rings. The van der Waals surface area contributed by atoms with Crippen molar-refractivity contribution in [3.05, 3.63) is 284 Å².